The molecule has 1 aromatic heterocycles. The van der Waals surface area contributed by atoms with Crippen LogP contribution in [0.1, 0.15) is 36.4 Å². The summed E-state index contributed by atoms with van der Waals surface area (Å²) in [4.78, 5) is 15.9. The second-order valence-corrected chi connectivity index (χ2v) is 4.68. The number of nitrogens with one attached hydrogen (secondary N) is 1. The van der Waals surface area contributed by atoms with E-state index in [4.69, 9.17) is 0 Å². The van der Waals surface area contributed by atoms with Gasteiger partial charge in [-0.15, -0.1) is 11.3 Å². The van der Waals surface area contributed by atoms with Crippen molar-refractivity contribution in [1.29, 1.82) is 0 Å². The summed E-state index contributed by atoms with van der Waals surface area (Å²) >= 11 is 1.29. The molecular formula is C10H16N2O2S. The molecule has 0 bridgehead atoms. The Hall–Kier alpha value is -0.940. The third kappa shape index (κ3) is 3.97. The number of carbonyl (C=O) groups is 1. The van der Waals surface area contributed by atoms with Crippen LogP contribution in [0.5, 0.6) is 0 Å². The van der Waals surface area contributed by atoms with Gasteiger partial charge >= 0.3 is 0 Å². The Bertz CT molecular complexity index is 309. The molecule has 0 saturated heterocycles. The van der Waals surface area contributed by atoms with E-state index in [9.17, 15) is 9.90 Å². The van der Waals surface area contributed by atoms with Crippen LogP contribution in [0.3, 0.4) is 0 Å². The second-order valence-electron chi connectivity index (χ2n) is 3.80. The molecule has 1 heterocycles. The van der Waals surface area contributed by atoms with E-state index < -0.39 is 5.60 Å². The zero-order valence-electron chi connectivity index (χ0n) is 8.99. The lowest BCUT2D eigenvalue weighted by molar-refractivity contribution is 0.0470. The smallest absolute Gasteiger partial charge is 0.263 e. The molecule has 1 aromatic rings. The second kappa shape index (κ2) is 5.23. The minimum absolute atomic E-state index is 0.172. The van der Waals surface area contributed by atoms with Gasteiger partial charge in [-0.05, 0) is 13.3 Å². The number of aliphatic hydroxyl groups is 1. The van der Waals surface area contributed by atoms with Crippen LogP contribution in [-0.2, 0) is 0 Å². The topological polar surface area (TPSA) is 62.2 Å². The maximum Gasteiger partial charge on any atom is 0.263 e. The summed E-state index contributed by atoms with van der Waals surface area (Å²) in [6.07, 6.45) is 3.09. The third-order valence-corrected chi connectivity index (χ3v) is 2.85. The molecule has 1 atom stereocenters. The Balaban J connectivity index is 2.40. The average Bonchev–Trinajstić information content (AvgIpc) is 2.67. The Kier molecular flexibility index (Phi) is 4.23. The van der Waals surface area contributed by atoms with Gasteiger partial charge in [-0.2, -0.15) is 0 Å². The summed E-state index contributed by atoms with van der Waals surface area (Å²) in [5.41, 5.74) is 0.786. The van der Waals surface area contributed by atoms with Gasteiger partial charge < -0.3 is 10.4 Å². The molecule has 0 saturated carbocycles. The van der Waals surface area contributed by atoms with Crippen molar-refractivity contribution in [3.8, 4) is 0 Å². The van der Waals surface area contributed by atoms with Gasteiger partial charge in [0.25, 0.3) is 5.91 Å². The van der Waals surface area contributed by atoms with Crippen molar-refractivity contribution in [3.05, 3.63) is 16.6 Å². The molecule has 1 amide bonds. The first kappa shape index (κ1) is 12.1. The minimum Gasteiger partial charge on any atom is -0.388 e. The molecule has 0 aliphatic rings. The largest absolute Gasteiger partial charge is 0.388 e. The SMILES string of the molecule is CCCC(C)(O)CNC(=O)c1cncs1. The lowest BCUT2D eigenvalue weighted by Crippen LogP contribution is -2.40. The number of aromatic nitrogens is 1. The van der Waals surface area contributed by atoms with Gasteiger partial charge in [-0.25, -0.2) is 0 Å². The summed E-state index contributed by atoms with van der Waals surface area (Å²) in [7, 11) is 0. The van der Waals surface area contributed by atoms with Crippen LogP contribution in [0.15, 0.2) is 11.7 Å². The van der Waals surface area contributed by atoms with Crippen LogP contribution in [0, 0.1) is 0 Å². The Morgan fingerprint density at radius 3 is 3.00 bits per heavy atom. The molecule has 4 nitrogen and oxygen atoms in total. The molecule has 5 heteroatoms. The summed E-state index contributed by atoms with van der Waals surface area (Å²) in [5.74, 6) is -0.172. The van der Waals surface area contributed by atoms with E-state index in [1.807, 2.05) is 6.92 Å². The van der Waals surface area contributed by atoms with E-state index in [1.54, 1.807) is 12.4 Å². The first-order chi connectivity index (χ1) is 7.05. The monoisotopic (exact) mass is 228 g/mol. The molecule has 0 fully saturated rings. The molecule has 1 unspecified atom stereocenters. The molecule has 15 heavy (non-hydrogen) atoms. The molecular weight excluding hydrogens is 212 g/mol. The van der Waals surface area contributed by atoms with Crippen molar-refractivity contribution >= 4 is 17.2 Å². The standard InChI is InChI=1S/C10H16N2O2S/c1-3-4-10(2,14)6-12-9(13)8-5-11-7-15-8/h5,7,14H,3-4,6H2,1-2H3,(H,12,13). The summed E-state index contributed by atoms with van der Waals surface area (Å²) < 4.78 is 0. The number of nitrogens with zero attached hydrogens (tertiary/aromatic N) is 1. The van der Waals surface area contributed by atoms with Gasteiger partial charge in [-0.1, -0.05) is 13.3 Å². The average molecular weight is 228 g/mol. The number of thiazole rings is 1. The number of hydrogen-bond acceptors (Lipinski definition) is 4. The number of rotatable bonds is 5. The molecule has 2 N–H and O–H groups in total. The minimum atomic E-state index is -0.824. The van der Waals surface area contributed by atoms with Gasteiger partial charge in [0, 0.05) is 6.54 Å². The van der Waals surface area contributed by atoms with Crippen LogP contribution < -0.4 is 5.32 Å². The van der Waals surface area contributed by atoms with Crippen LogP contribution in [0.2, 0.25) is 0 Å². The molecule has 0 aliphatic carbocycles. The number of amides is 1. The lowest BCUT2D eigenvalue weighted by Gasteiger charge is -2.22. The first-order valence-electron chi connectivity index (χ1n) is 4.94. The van der Waals surface area contributed by atoms with Crippen molar-refractivity contribution < 1.29 is 9.90 Å². The van der Waals surface area contributed by atoms with E-state index in [0.29, 0.717) is 11.3 Å². The Morgan fingerprint density at radius 2 is 2.47 bits per heavy atom. The zero-order chi connectivity index (χ0) is 11.3. The van der Waals surface area contributed by atoms with E-state index in [0.717, 1.165) is 6.42 Å². The van der Waals surface area contributed by atoms with Crippen molar-refractivity contribution in [2.75, 3.05) is 6.54 Å². The van der Waals surface area contributed by atoms with E-state index >= 15 is 0 Å². The van der Waals surface area contributed by atoms with Crippen molar-refractivity contribution in [2.24, 2.45) is 0 Å². The van der Waals surface area contributed by atoms with Gasteiger partial charge in [0.2, 0.25) is 0 Å². The number of hydrogen-bond donors (Lipinski definition) is 2. The predicted molar refractivity (Wildman–Crippen MR) is 60.0 cm³/mol. The highest BCUT2D eigenvalue weighted by molar-refractivity contribution is 7.11. The maximum absolute atomic E-state index is 11.5. The maximum atomic E-state index is 11.5. The fourth-order valence-electron chi connectivity index (χ4n) is 1.31. The number of carbonyl (C=O) groups excluding carboxylic acids is 1. The Labute approximate surface area is 93.4 Å². The summed E-state index contributed by atoms with van der Waals surface area (Å²) in [6.45, 7) is 4.00. The highest BCUT2D eigenvalue weighted by Gasteiger charge is 2.20. The normalized spacial score (nSPS) is 14.6. The fraction of sp³-hybridized carbons (Fsp3) is 0.600. The highest BCUT2D eigenvalue weighted by atomic mass is 32.1. The van der Waals surface area contributed by atoms with Crippen LogP contribution in [-0.4, -0.2) is 28.1 Å². The Morgan fingerprint density at radius 1 is 1.73 bits per heavy atom. The zero-order valence-corrected chi connectivity index (χ0v) is 9.80. The van der Waals surface area contributed by atoms with Gasteiger partial charge in [0.1, 0.15) is 4.88 Å². The van der Waals surface area contributed by atoms with Crippen LogP contribution in [0.25, 0.3) is 0 Å². The van der Waals surface area contributed by atoms with Crippen LogP contribution in [0.4, 0.5) is 0 Å². The lowest BCUT2D eigenvalue weighted by atomic mass is 10.0. The van der Waals surface area contributed by atoms with E-state index in [-0.39, 0.29) is 12.5 Å². The summed E-state index contributed by atoms with van der Waals surface area (Å²) in [6, 6.07) is 0. The molecule has 1 rings (SSSR count). The molecule has 84 valence electrons. The van der Waals surface area contributed by atoms with Gasteiger partial charge in [0.15, 0.2) is 0 Å². The fourth-order valence-corrected chi connectivity index (χ4v) is 1.85. The van der Waals surface area contributed by atoms with E-state index in [2.05, 4.69) is 10.3 Å². The first-order valence-corrected chi connectivity index (χ1v) is 5.82. The van der Waals surface area contributed by atoms with Crippen LogP contribution >= 0.6 is 11.3 Å². The molecule has 0 radical (unpaired) electrons. The van der Waals surface area contributed by atoms with Gasteiger partial charge in [-0.3, -0.25) is 9.78 Å². The van der Waals surface area contributed by atoms with Crippen molar-refractivity contribution in [2.45, 2.75) is 32.3 Å². The molecule has 0 spiro atoms. The van der Waals surface area contributed by atoms with Crippen molar-refractivity contribution in [3.63, 3.8) is 0 Å². The third-order valence-electron chi connectivity index (χ3n) is 2.07. The highest BCUT2D eigenvalue weighted by Crippen LogP contribution is 2.11. The van der Waals surface area contributed by atoms with Crippen molar-refractivity contribution in [1.82, 2.24) is 10.3 Å². The van der Waals surface area contributed by atoms with E-state index in [1.165, 1.54) is 17.5 Å². The molecule has 0 aliphatic heterocycles. The molecule has 0 aromatic carbocycles. The quantitative estimate of drug-likeness (QED) is 0.801. The van der Waals surface area contributed by atoms with Gasteiger partial charge in [0.05, 0.1) is 17.3 Å². The summed E-state index contributed by atoms with van der Waals surface area (Å²) in [5, 5.41) is 12.5. The predicted octanol–water partition coefficient (Wildman–Crippen LogP) is 1.42.